The van der Waals surface area contributed by atoms with Crippen LogP contribution in [0, 0.1) is 12.3 Å². The van der Waals surface area contributed by atoms with E-state index in [1.165, 1.54) is 15.6 Å². The van der Waals surface area contributed by atoms with Gasteiger partial charge >= 0.3 is 0 Å². The minimum atomic E-state index is -3.70. The maximum atomic E-state index is 12.9. The van der Waals surface area contributed by atoms with E-state index >= 15 is 0 Å². The molecule has 126 valence electrons. The summed E-state index contributed by atoms with van der Waals surface area (Å²) in [5.74, 6) is -0.695. The van der Waals surface area contributed by atoms with Crippen molar-refractivity contribution in [3.8, 4) is 0 Å². The molecule has 1 N–H and O–H groups in total. The lowest BCUT2D eigenvalue weighted by molar-refractivity contribution is -0.128. The van der Waals surface area contributed by atoms with E-state index in [1.807, 2.05) is 6.92 Å². The Morgan fingerprint density at radius 2 is 2.12 bits per heavy atom. The first-order valence-electron chi connectivity index (χ1n) is 7.52. The van der Waals surface area contributed by atoms with E-state index in [4.69, 9.17) is 0 Å². The molecule has 1 aromatic heterocycles. The van der Waals surface area contributed by atoms with Crippen LogP contribution < -0.4 is 5.32 Å². The highest BCUT2D eigenvalue weighted by molar-refractivity contribution is 7.89. The molecular weight excluding hydrogens is 350 g/mol. The fourth-order valence-corrected chi connectivity index (χ4v) is 5.88. The van der Waals surface area contributed by atoms with Crippen LogP contribution in [0.5, 0.6) is 0 Å². The molecule has 2 aromatic rings. The van der Waals surface area contributed by atoms with E-state index in [0.717, 1.165) is 15.2 Å². The van der Waals surface area contributed by atoms with E-state index < -0.39 is 15.4 Å². The molecule has 1 spiro atoms. The van der Waals surface area contributed by atoms with E-state index in [-0.39, 0.29) is 36.2 Å². The number of benzene rings is 1. The van der Waals surface area contributed by atoms with Crippen molar-refractivity contribution in [3.63, 3.8) is 0 Å². The monoisotopic (exact) mass is 365 g/mol. The van der Waals surface area contributed by atoms with Crippen molar-refractivity contribution in [1.82, 2.24) is 14.6 Å². The van der Waals surface area contributed by atoms with Gasteiger partial charge in [0.1, 0.15) is 0 Å². The number of hydrogen-bond acceptors (Lipinski definition) is 6. The molecule has 9 heteroatoms. The number of hydrogen-bond donors (Lipinski definition) is 1. The number of carbonyl (C=O) groups is 2. The molecule has 0 saturated carbocycles. The van der Waals surface area contributed by atoms with E-state index in [0.29, 0.717) is 6.42 Å². The topological polar surface area (TPSA) is 96.4 Å². The van der Waals surface area contributed by atoms with Gasteiger partial charge in [-0.2, -0.15) is 4.31 Å². The summed E-state index contributed by atoms with van der Waals surface area (Å²) < 4.78 is 27.9. The average molecular weight is 365 g/mol. The zero-order chi connectivity index (χ0) is 17.1. The number of imide groups is 1. The number of amides is 2. The van der Waals surface area contributed by atoms with Crippen LogP contribution in [0.4, 0.5) is 0 Å². The second kappa shape index (κ2) is 5.08. The SMILES string of the molecule is Cc1nc2ccc(S(=O)(=O)N3CC[C@@]4(CC(=O)NC4=O)C3)cc2s1. The number of aromatic nitrogens is 1. The lowest BCUT2D eigenvalue weighted by Crippen LogP contribution is -2.36. The molecule has 2 fully saturated rings. The van der Waals surface area contributed by atoms with E-state index in [9.17, 15) is 18.0 Å². The number of thiazole rings is 1. The largest absolute Gasteiger partial charge is 0.296 e. The first kappa shape index (κ1) is 15.7. The third-order valence-corrected chi connectivity index (χ3v) is 7.43. The summed E-state index contributed by atoms with van der Waals surface area (Å²) in [6, 6.07) is 4.87. The molecule has 7 nitrogen and oxygen atoms in total. The highest BCUT2D eigenvalue weighted by atomic mass is 32.2. The van der Waals surface area contributed by atoms with Crippen LogP contribution in [0.15, 0.2) is 23.1 Å². The highest BCUT2D eigenvalue weighted by Crippen LogP contribution is 2.40. The Hall–Kier alpha value is -1.84. The summed E-state index contributed by atoms with van der Waals surface area (Å²) >= 11 is 1.44. The maximum Gasteiger partial charge on any atom is 0.243 e. The van der Waals surface area contributed by atoms with Crippen molar-refractivity contribution in [3.05, 3.63) is 23.2 Å². The summed E-state index contributed by atoms with van der Waals surface area (Å²) in [5.41, 5.74) is -0.134. The Labute approximate surface area is 142 Å². The quantitative estimate of drug-likeness (QED) is 0.802. The van der Waals surface area contributed by atoms with Gasteiger partial charge in [0.05, 0.1) is 25.5 Å². The van der Waals surface area contributed by atoms with Crippen molar-refractivity contribution in [1.29, 1.82) is 0 Å². The second-order valence-electron chi connectivity index (χ2n) is 6.29. The summed E-state index contributed by atoms with van der Waals surface area (Å²) in [6.45, 7) is 2.16. The van der Waals surface area contributed by atoms with Gasteiger partial charge in [-0.3, -0.25) is 14.9 Å². The Kier molecular flexibility index (Phi) is 3.32. The molecule has 2 aliphatic rings. The second-order valence-corrected chi connectivity index (χ2v) is 9.46. The number of rotatable bonds is 2. The molecule has 24 heavy (non-hydrogen) atoms. The number of fused-ring (bicyclic) bond motifs is 1. The van der Waals surface area contributed by atoms with Crippen molar-refractivity contribution in [2.75, 3.05) is 13.1 Å². The lowest BCUT2D eigenvalue weighted by Gasteiger charge is -2.20. The van der Waals surface area contributed by atoms with E-state index in [1.54, 1.807) is 18.2 Å². The first-order valence-corrected chi connectivity index (χ1v) is 9.78. The van der Waals surface area contributed by atoms with Gasteiger partial charge < -0.3 is 0 Å². The van der Waals surface area contributed by atoms with Crippen LogP contribution in [0.25, 0.3) is 10.2 Å². The molecule has 3 heterocycles. The normalized spacial score (nSPS) is 25.0. The number of nitrogens with one attached hydrogen (secondary N) is 1. The van der Waals surface area contributed by atoms with E-state index in [2.05, 4.69) is 10.3 Å². The van der Waals surface area contributed by atoms with Crippen LogP contribution in [-0.4, -0.2) is 42.6 Å². The Balaban J connectivity index is 1.67. The zero-order valence-corrected chi connectivity index (χ0v) is 14.5. The van der Waals surface area contributed by atoms with Crippen LogP contribution in [0.3, 0.4) is 0 Å². The smallest absolute Gasteiger partial charge is 0.243 e. The average Bonchev–Trinajstić information content (AvgIpc) is 3.16. The van der Waals surface area contributed by atoms with Crippen LogP contribution in [0.2, 0.25) is 0 Å². The molecule has 1 aromatic carbocycles. The fraction of sp³-hybridized carbons (Fsp3) is 0.400. The summed E-state index contributed by atoms with van der Waals surface area (Å²) in [4.78, 5) is 28.0. The molecule has 2 aliphatic heterocycles. The lowest BCUT2D eigenvalue weighted by atomic mass is 9.86. The van der Waals surface area contributed by atoms with Gasteiger partial charge in [-0.25, -0.2) is 13.4 Å². The number of aryl methyl sites for hydroxylation is 1. The Morgan fingerprint density at radius 1 is 1.33 bits per heavy atom. The predicted octanol–water partition coefficient (Wildman–Crippen LogP) is 1.03. The molecule has 0 bridgehead atoms. The standard InChI is InChI=1S/C15H15N3O4S2/c1-9-16-11-3-2-10(6-12(11)23-9)24(21,22)18-5-4-15(8-18)7-13(19)17-14(15)20/h2-3,6H,4-5,7-8H2,1H3,(H,17,19,20)/t15-/m1/s1. The minimum Gasteiger partial charge on any atom is -0.296 e. The van der Waals surface area contributed by atoms with Crippen LogP contribution >= 0.6 is 11.3 Å². The third-order valence-electron chi connectivity index (χ3n) is 4.66. The third kappa shape index (κ3) is 2.27. The first-order chi connectivity index (χ1) is 11.3. The number of nitrogens with zero attached hydrogens (tertiary/aromatic N) is 2. The molecule has 2 amide bonds. The molecule has 0 radical (unpaired) electrons. The summed E-state index contributed by atoms with van der Waals surface area (Å²) in [6.07, 6.45) is 0.427. The summed E-state index contributed by atoms with van der Waals surface area (Å²) in [7, 11) is -3.70. The number of carbonyl (C=O) groups excluding carboxylic acids is 2. The van der Waals surface area contributed by atoms with Gasteiger partial charge in [-0.05, 0) is 31.5 Å². The minimum absolute atomic E-state index is 0.0483. The predicted molar refractivity (Wildman–Crippen MR) is 87.9 cm³/mol. The Morgan fingerprint density at radius 3 is 2.83 bits per heavy atom. The van der Waals surface area contributed by atoms with Gasteiger partial charge in [0.15, 0.2) is 0 Å². The van der Waals surface area contributed by atoms with Gasteiger partial charge in [0, 0.05) is 19.5 Å². The van der Waals surface area contributed by atoms with Crippen molar-refractivity contribution in [2.45, 2.75) is 24.7 Å². The molecule has 4 rings (SSSR count). The van der Waals surface area contributed by atoms with Crippen LogP contribution in [-0.2, 0) is 19.6 Å². The zero-order valence-electron chi connectivity index (χ0n) is 12.9. The Bertz CT molecular complexity index is 982. The fourth-order valence-electron chi connectivity index (χ4n) is 3.39. The van der Waals surface area contributed by atoms with Crippen molar-refractivity contribution in [2.24, 2.45) is 5.41 Å². The van der Waals surface area contributed by atoms with Gasteiger partial charge in [-0.15, -0.1) is 11.3 Å². The molecule has 1 atom stereocenters. The summed E-state index contributed by atoms with van der Waals surface area (Å²) in [5, 5.41) is 3.16. The van der Waals surface area contributed by atoms with Gasteiger partial charge in [0.2, 0.25) is 21.8 Å². The molecule has 0 aliphatic carbocycles. The molecule has 0 unspecified atom stereocenters. The number of sulfonamides is 1. The van der Waals surface area contributed by atoms with Crippen molar-refractivity contribution < 1.29 is 18.0 Å². The van der Waals surface area contributed by atoms with Crippen LogP contribution in [0.1, 0.15) is 17.8 Å². The van der Waals surface area contributed by atoms with Gasteiger partial charge in [0.25, 0.3) is 0 Å². The van der Waals surface area contributed by atoms with Crippen molar-refractivity contribution >= 4 is 43.4 Å². The molecular formula is C15H15N3O4S2. The maximum absolute atomic E-state index is 12.9. The molecule has 2 saturated heterocycles. The highest BCUT2D eigenvalue weighted by Gasteiger charge is 2.53. The van der Waals surface area contributed by atoms with Gasteiger partial charge in [-0.1, -0.05) is 0 Å².